The van der Waals surface area contributed by atoms with Crippen LogP contribution in [0.1, 0.15) is 43.5 Å². The number of nitrogens with zero attached hydrogens (tertiary/aromatic N) is 2. The summed E-state index contributed by atoms with van der Waals surface area (Å²) in [5, 5.41) is 7.00. The Balaban J connectivity index is 1.37. The lowest BCUT2D eigenvalue weighted by molar-refractivity contribution is -0.135. The van der Waals surface area contributed by atoms with E-state index in [1.54, 1.807) is 0 Å². The van der Waals surface area contributed by atoms with Crippen LogP contribution in [0.3, 0.4) is 0 Å². The van der Waals surface area contributed by atoms with Gasteiger partial charge >= 0.3 is 0 Å². The van der Waals surface area contributed by atoms with E-state index in [1.165, 1.54) is 11.1 Å². The average molecular weight is 393 g/mol. The van der Waals surface area contributed by atoms with Gasteiger partial charge in [-0.2, -0.15) is 0 Å². The first-order valence-corrected chi connectivity index (χ1v) is 10.7. The molecule has 2 unspecified atom stereocenters. The Morgan fingerprint density at radius 1 is 1.28 bits per heavy atom. The molecule has 0 bridgehead atoms. The number of rotatable bonds is 5. The molecule has 1 aliphatic heterocycles. The Labute approximate surface area is 173 Å². The molecule has 1 fully saturated rings. The highest BCUT2D eigenvalue weighted by molar-refractivity contribution is 5.78. The minimum absolute atomic E-state index is 0.0793. The summed E-state index contributed by atoms with van der Waals surface area (Å²) >= 11 is 0. The summed E-state index contributed by atoms with van der Waals surface area (Å²) < 4.78 is 0. The van der Waals surface area contributed by atoms with Crippen molar-refractivity contribution >= 4 is 11.6 Å². The Bertz CT molecular complexity index is 855. The normalized spacial score (nSPS) is 22.7. The first kappa shape index (κ1) is 19.9. The monoisotopic (exact) mass is 392 g/mol. The number of carbonyl (C=O) groups is 1. The summed E-state index contributed by atoms with van der Waals surface area (Å²) in [7, 11) is 1.88. The van der Waals surface area contributed by atoms with Crippen LogP contribution in [0.2, 0.25) is 0 Å². The Morgan fingerprint density at radius 2 is 2.10 bits per heavy atom. The van der Waals surface area contributed by atoms with Crippen LogP contribution in [0.25, 0.3) is 0 Å². The minimum Gasteiger partial charge on any atom is -0.380 e. The number of carbonyl (C=O) groups excluding carboxylic acids is 1. The number of hydrogen-bond donors (Lipinski definition) is 2. The first-order chi connectivity index (χ1) is 13.9. The molecule has 1 amide bonds. The molecule has 0 spiro atoms. The van der Waals surface area contributed by atoms with Crippen molar-refractivity contribution in [1.29, 1.82) is 0 Å². The number of amides is 1. The van der Waals surface area contributed by atoms with Gasteiger partial charge in [-0.25, -0.2) is 0 Å². The maximum Gasteiger partial charge on any atom is 0.227 e. The van der Waals surface area contributed by atoms with E-state index >= 15 is 0 Å². The van der Waals surface area contributed by atoms with Crippen molar-refractivity contribution < 1.29 is 4.79 Å². The number of aromatic nitrogens is 1. The fraction of sp³-hybridized carbons (Fsp3) is 0.500. The van der Waals surface area contributed by atoms with Crippen LogP contribution in [0, 0.1) is 5.92 Å². The lowest BCUT2D eigenvalue weighted by Gasteiger charge is -2.30. The van der Waals surface area contributed by atoms with Crippen LogP contribution in [-0.2, 0) is 23.2 Å². The van der Waals surface area contributed by atoms with E-state index in [0.717, 1.165) is 43.7 Å². The van der Waals surface area contributed by atoms with Crippen molar-refractivity contribution in [2.24, 2.45) is 5.92 Å². The van der Waals surface area contributed by atoms with Gasteiger partial charge in [0.25, 0.3) is 0 Å². The summed E-state index contributed by atoms with van der Waals surface area (Å²) in [5.74, 6) is 0.313. The smallest absolute Gasteiger partial charge is 0.227 e. The zero-order valence-electron chi connectivity index (χ0n) is 17.7. The van der Waals surface area contributed by atoms with Gasteiger partial charge < -0.3 is 15.5 Å². The van der Waals surface area contributed by atoms with E-state index in [1.807, 2.05) is 24.2 Å². The van der Waals surface area contributed by atoms with Crippen LogP contribution >= 0.6 is 0 Å². The quantitative estimate of drug-likeness (QED) is 0.819. The molecule has 5 nitrogen and oxygen atoms in total. The molecule has 1 aromatic carbocycles. The summed E-state index contributed by atoms with van der Waals surface area (Å²) in [6, 6.07) is 13.2. The summed E-state index contributed by atoms with van der Waals surface area (Å²) in [4.78, 5) is 19.0. The largest absolute Gasteiger partial charge is 0.380 e. The summed E-state index contributed by atoms with van der Waals surface area (Å²) in [6.45, 7) is 6.97. The molecule has 1 aliphatic carbocycles. The van der Waals surface area contributed by atoms with Crippen molar-refractivity contribution in [3.63, 3.8) is 0 Å². The third-order valence-electron chi connectivity index (χ3n) is 6.59. The van der Waals surface area contributed by atoms with Gasteiger partial charge in [0.1, 0.15) is 0 Å². The van der Waals surface area contributed by atoms with Crippen molar-refractivity contribution in [3.05, 3.63) is 59.4 Å². The second kappa shape index (κ2) is 8.15. The number of anilines is 1. The zero-order chi connectivity index (χ0) is 20.4. The lowest BCUT2D eigenvalue weighted by atomic mass is 9.83. The fourth-order valence-corrected chi connectivity index (χ4v) is 4.72. The second-order valence-corrected chi connectivity index (χ2v) is 9.06. The van der Waals surface area contributed by atoms with Gasteiger partial charge in [0.2, 0.25) is 5.91 Å². The molecule has 1 saturated heterocycles. The third-order valence-corrected chi connectivity index (χ3v) is 6.59. The standard InChI is InChI=1S/C24H32N4O/c1-24(2)21-9-5-4-7-17(21)13-22(24)27-19-10-11-20(26-15-19)16-28(3)23(29)18-8-6-12-25-14-18/h4-5,7,9-11,15,18,22,25,27H,6,8,12-14,16H2,1-3H3. The van der Waals surface area contributed by atoms with E-state index in [-0.39, 0.29) is 17.2 Å². The number of piperidine rings is 1. The Hall–Kier alpha value is -2.40. The fourth-order valence-electron chi connectivity index (χ4n) is 4.72. The predicted molar refractivity (Wildman–Crippen MR) is 117 cm³/mol. The molecule has 2 aromatic rings. The van der Waals surface area contributed by atoms with Gasteiger partial charge in [0, 0.05) is 25.0 Å². The number of pyridine rings is 1. The van der Waals surface area contributed by atoms with E-state index in [2.05, 4.69) is 59.8 Å². The molecule has 1 aromatic heterocycles. The van der Waals surface area contributed by atoms with Gasteiger partial charge in [-0.1, -0.05) is 38.1 Å². The molecule has 29 heavy (non-hydrogen) atoms. The van der Waals surface area contributed by atoms with E-state index in [4.69, 9.17) is 0 Å². The summed E-state index contributed by atoms with van der Waals surface area (Å²) in [5.41, 5.74) is 4.89. The van der Waals surface area contributed by atoms with Crippen molar-refractivity contribution in [2.45, 2.75) is 51.1 Å². The topological polar surface area (TPSA) is 57.3 Å². The maximum absolute atomic E-state index is 12.6. The number of nitrogens with one attached hydrogen (secondary N) is 2. The van der Waals surface area contributed by atoms with Crippen LogP contribution in [0.4, 0.5) is 5.69 Å². The highest BCUT2D eigenvalue weighted by Crippen LogP contribution is 2.39. The molecule has 2 atom stereocenters. The van der Waals surface area contributed by atoms with E-state index < -0.39 is 0 Å². The lowest BCUT2D eigenvalue weighted by Crippen LogP contribution is -2.41. The van der Waals surface area contributed by atoms with Crippen LogP contribution in [0.15, 0.2) is 42.6 Å². The Kier molecular flexibility index (Phi) is 5.59. The highest BCUT2D eigenvalue weighted by atomic mass is 16.2. The number of benzene rings is 1. The average Bonchev–Trinajstić information content (AvgIpc) is 2.99. The SMILES string of the molecule is CN(Cc1ccc(NC2Cc3ccccc3C2(C)C)cn1)C(=O)C1CCCNC1. The minimum atomic E-state index is 0.0793. The van der Waals surface area contributed by atoms with Crippen molar-refractivity contribution in [1.82, 2.24) is 15.2 Å². The molecule has 2 heterocycles. The van der Waals surface area contributed by atoms with Crippen LogP contribution in [-0.4, -0.2) is 42.0 Å². The van der Waals surface area contributed by atoms with Crippen molar-refractivity contribution in [2.75, 3.05) is 25.5 Å². The molecule has 5 heteroatoms. The van der Waals surface area contributed by atoms with Gasteiger partial charge in [-0.3, -0.25) is 9.78 Å². The van der Waals surface area contributed by atoms with Crippen molar-refractivity contribution in [3.8, 4) is 0 Å². The molecule has 2 aliphatic rings. The van der Waals surface area contributed by atoms with Crippen LogP contribution < -0.4 is 10.6 Å². The molecule has 4 rings (SSSR count). The van der Waals surface area contributed by atoms with E-state index in [0.29, 0.717) is 12.6 Å². The van der Waals surface area contributed by atoms with Gasteiger partial charge in [-0.15, -0.1) is 0 Å². The van der Waals surface area contributed by atoms with Gasteiger partial charge in [0.15, 0.2) is 0 Å². The molecule has 2 N–H and O–H groups in total. The van der Waals surface area contributed by atoms with E-state index in [9.17, 15) is 4.79 Å². The summed E-state index contributed by atoms with van der Waals surface area (Å²) in [6.07, 6.45) is 4.97. The first-order valence-electron chi connectivity index (χ1n) is 10.7. The molecular weight excluding hydrogens is 360 g/mol. The zero-order valence-corrected chi connectivity index (χ0v) is 17.7. The van der Waals surface area contributed by atoms with Crippen LogP contribution in [0.5, 0.6) is 0 Å². The molecule has 0 radical (unpaired) electrons. The highest BCUT2D eigenvalue weighted by Gasteiger charge is 2.39. The van der Waals surface area contributed by atoms with Gasteiger partial charge in [-0.05, 0) is 49.1 Å². The molecule has 154 valence electrons. The number of hydrogen-bond acceptors (Lipinski definition) is 4. The molecule has 0 saturated carbocycles. The Morgan fingerprint density at radius 3 is 2.79 bits per heavy atom. The second-order valence-electron chi connectivity index (χ2n) is 9.06. The number of fused-ring (bicyclic) bond motifs is 1. The molecular formula is C24H32N4O. The third kappa shape index (κ3) is 4.15. The predicted octanol–water partition coefficient (Wildman–Crippen LogP) is 3.35. The maximum atomic E-state index is 12.6. The van der Waals surface area contributed by atoms with Gasteiger partial charge in [0.05, 0.1) is 30.0 Å².